The van der Waals surface area contributed by atoms with Crippen LogP contribution in [0.25, 0.3) is 0 Å². The Bertz CT molecular complexity index is 368. The maximum Gasteiger partial charge on any atom is 0.123 e. The van der Waals surface area contributed by atoms with Crippen molar-refractivity contribution >= 4 is 5.69 Å². The van der Waals surface area contributed by atoms with Gasteiger partial charge in [0.1, 0.15) is 5.82 Å². The minimum atomic E-state index is -0.256. The summed E-state index contributed by atoms with van der Waals surface area (Å²) in [7, 11) is 3.63. The molecule has 0 saturated carbocycles. The fraction of sp³-hybridized carbons (Fsp3) is 0.538. The van der Waals surface area contributed by atoms with E-state index in [4.69, 9.17) is 10.5 Å². The molecular formula is C13H21FN2O. The molecule has 1 aromatic rings. The quantitative estimate of drug-likeness (QED) is 0.858. The van der Waals surface area contributed by atoms with E-state index in [0.29, 0.717) is 6.61 Å². The van der Waals surface area contributed by atoms with Crippen molar-refractivity contribution in [1.82, 2.24) is 0 Å². The maximum atomic E-state index is 13.2. The largest absolute Gasteiger partial charge is 0.383 e. The second kappa shape index (κ2) is 5.98. The van der Waals surface area contributed by atoms with Gasteiger partial charge in [-0.05, 0) is 37.6 Å². The van der Waals surface area contributed by atoms with Gasteiger partial charge in [-0.15, -0.1) is 0 Å². The SMILES string of the molecule is COCC(C)N(C)c1ccc(F)cc1C(C)N. The molecule has 0 radical (unpaired) electrons. The monoisotopic (exact) mass is 240 g/mol. The first-order valence-electron chi connectivity index (χ1n) is 5.74. The number of hydrogen-bond donors (Lipinski definition) is 1. The third kappa shape index (κ3) is 3.41. The molecule has 96 valence electrons. The van der Waals surface area contributed by atoms with E-state index < -0.39 is 0 Å². The zero-order valence-corrected chi connectivity index (χ0v) is 10.9. The molecule has 0 aliphatic carbocycles. The van der Waals surface area contributed by atoms with Crippen LogP contribution in [0.2, 0.25) is 0 Å². The van der Waals surface area contributed by atoms with Crippen LogP contribution in [0.5, 0.6) is 0 Å². The summed E-state index contributed by atoms with van der Waals surface area (Å²) < 4.78 is 18.3. The van der Waals surface area contributed by atoms with Gasteiger partial charge in [0.2, 0.25) is 0 Å². The number of methoxy groups -OCH3 is 1. The van der Waals surface area contributed by atoms with Gasteiger partial charge in [0.05, 0.1) is 6.61 Å². The lowest BCUT2D eigenvalue weighted by Gasteiger charge is -2.29. The fourth-order valence-corrected chi connectivity index (χ4v) is 1.80. The topological polar surface area (TPSA) is 38.5 Å². The van der Waals surface area contributed by atoms with Gasteiger partial charge in [0, 0.05) is 31.9 Å². The highest BCUT2D eigenvalue weighted by molar-refractivity contribution is 5.55. The highest BCUT2D eigenvalue weighted by atomic mass is 19.1. The minimum absolute atomic E-state index is 0.196. The van der Waals surface area contributed by atoms with Gasteiger partial charge in [-0.1, -0.05) is 0 Å². The van der Waals surface area contributed by atoms with Gasteiger partial charge in [-0.25, -0.2) is 4.39 Å². The van der Waals surface area contributed by atoms with Crippen molar-refractivity contribution < 1.29 is 9.13 Å². The Morgan fingerprint density at radius 2 is 2.06 bits per heavy atom. The van der Waals surface area contributed by atoms with E-state index in [2.05, 4.69) is 11.8 Å². The molecule has 0 spiro atoms. The molecule has 0 amide bonds. The van der Waals surface area contributed by atoms with Crippen molar-refractivity contribution in [3.63, 3.8) is 0 Å². The number of hydrogen-bond acceptors (Lipinski definition) is 3. The maximum absolute atomic E-state index is 13.2. The van der Waals surface area contributed by atoms with Gasteiger partial charge in [-0.3, -0.25) is 0 Å². The molecule has 0 aliphatic rings. The number of anilines is 1. The molecule has 1 rings (SSSR count). The molecule has 0 saturated heterocycles. The standard InChI is InChI=1S/C13H21FN2O/c1-9(8-17-4)16(3)13-6-5-11(14)7-12(13)10(2)15/h5-7,9-10H,8,15H2,1-4H3. The fourth-order valence-electron chi connectivity index (χ4n) is 1.80. The first kappa shape index (κ1) is 13.9. The number of benzene rings is 1. The lowest BCUT2D eigenvalue weighted by molar-refractivity contribution is 0.183. The van der Waals surface area contributed by atoms with Crippen LogP contribution in [0.15, 0.2) is 18.2 Å². The number of nitrogens with zero attached hydrogens (tertiary/aromatic N) is 1. The second-order valence-corrected chi connectivity index (χ2v) is 4.41. The van der Waals surface area contributed by atoms with Crippen LogP contribution in [0.1, 0.15) is 25.5 Å². The van der Waals surface area contributed by atoms with Crippen LogP contribution < -0.4 is 10.6 Å². The second-order valence-electron chi connectivity index (χ2n) is 4.41. The van der Waals surface area contributed by atoms with E-state index in [1.54, 1.807) is 13.2 Å². The minimum Gasteiger partial charge on any atom is -0.383 e. The Kier molecular flexibility index (Phi) is 4.90. The van der Waals surface area contributed by atoms with Gasteiger partial charge < -0.3 is 15.4 Å². The Labute approximate surface area is 102 Å². The number of halogens is 1. The Balaban J connectivity index is 3.03. The molecule has 0 bridgehead atoms. The number of rotatable bonds is 5. The van der Waals surface area contributed by atoms with Crippen LogP contribution in [-0.4, -0.2) is 26.8 Å². The molecule has 0 aromatic heterocycles. The summed E-state index contributed by atoms with van der Waals surface area (Å²) in [6, 6.07) is 4.73. The van der Waals surface area contributed by atoms with Gasteiger partial charge in [0.25, 0.3) is 0 Å². The van der Waals surface area contributed by atoms with Crippen LogP contribution in [-0.2, 0) is 4.74 Å². The third-order valence-electron chi connectivity index (χ3n) is 2.93. The Morgan fingerprint density at radius 1 is 1.41 bits per heavy atom. The molecule has 17 heavy (non-hydrogen) atoms. The van der Waals surface area contributed by atoms with Crippen LogP contribution in [0.4, 0.5) is 10.1 Å². The van der Waals surface area contributed by atoms with E-state index in [0.717, 1.165) is 11.3 Å². The molecule has 2 unspecified atom stereocenters. The highest BCUT2D eigenvalue weighted by Gasteiger charge is 2.16. The van der Waals surface area contributed by atoms with Crippen molar-refractivity contribution in [3.05, 3.63) is 29.6 Å². The van der Waals surface area contributed by atoms with E-state index >= 15 is 0 Å². The first-order valence-corrected chi connectivity index (χ1v) is 5.74. The summed E-state index contributed by atoms with van der Waals surface area (Å²) >= 11 is 0. The van der Waals surface area contributed by atoms with E-state index in [9.17, 15) is 4.39 Å². The molecule has 2 N–H and O–H groups in total. The molecule has 0 heterocycles. The van der Waals surface area contributed by atoms with E-state index in [-0.39, 0.29) is 17.9 Å². The summed E-state index contributed by atoms with van der Waals surface area (Å²) in [6.45, 7) is 4.52. The molecule has 0 fully saturated rings. The van der Waals surface area contributed by atoms with Crippen LogP contribution in [0, 0.1) is 5.82 Å². The normalized spacial score (nSPS) is 14.5. The highest BCUT2D eigenvalue weighted by Crippen LogP contribution is 2.26. The molecule has 0 aliphatic heterocycles. The summed E-state index contributed by atoms with van der Waals surface area (Å²) in [5.41, 5.74) is 7.64. The zero-order valence-electron chi connectivity index (χ0n) is 10.9. The summed E-state index contributed by atoms with van der Waals surface area (Å²) in [5, 5.41) is 0. The number of likely N-dealkylation sites (N-methyl/N-ethyl adjacent to an activating group) is 1. The number of nitrogens with two attached hydrogens (primary N) is 1. The Hall–Kier alpha value is -1.13. The van der Waals surface area contributed by atoms with E-state index in [1.165, 1.54) is 12.1 Å². The average Bonchev–Trinajstić information content (AvgIpc) is 2.28. The smallest absolute Gasteiger partial charge is 0.123 e. The average molecular weight is 240 g/mol. The van der Waals surface area contributed by atoms with Gasteiger partial charge in [-0.2, -0.15) is 0 Å². The van der Waals surface area contributed by atoms with E-state index in [1.807, 2.05) is 14.0 Å². The van der Waals surface area contributed by atoms with Gasteiger partial charge >= 0.3 is 0 Å². The molecule has 2 atom stereocenters. The van der Waals surface area contributed by atoms with Crippen LogP contribution in [0.3, 0.4) is 0 Å². The van der Waals surface area contributed by atoms with Gasteiger partial charge in [0.15, 0.2) is 0 Å². The lowest BCUT2D eigenvalue weighted by atomic mass is 10.0. The van der Waals surface area contributed by atoms with Crippen molar-refractivity contribution in [1.29, 1.82) is 0 Å². The van der Waals surface area contributed by atoms with Crippen molar-refractivity contribution in [2.24, 2.45) is 5.73 Å². The molecule has 3 nitrogen and oxygen atoms in total. The number of ether oxygens (including phenoxy) is 1. The molecule has 4 heteroatoms. The predicted molar refractivity (Wildman–Crippen MR) is 68.7 cm³/mol. The lowest BCUT2D eigenvalue weighted by Crippen LogP contribution is -2.33. The van der Waals surface area contributed by atoms with Crippen LogP contribution >= 0.6 is 0 Å². The van der Waals surface area contributed by atoms with Crippen molar-refractivity contribution in [2.75, 3.05) is 25.7 Å². The Morgan fingerprint density at radius 3 is 2.59 bits per heavy atom. The molecular weight excluding hydrogens is 219 g/mol. The third-order valence-corrected chi connectivity index (χ3v) is 2.93. The predicted octanol–water partition coefficient (Wildman–Crippen LogP) is 2.32. The summed E-state index contributed by atoms with van der Waals surface area (Å²) in [6.07, 6.45) is 0. The summed E-state index contributed by atoms with van der Waals surface area (Å²) in [5.74, 6) is -0.256. The first-order chi connectivity index (χ1) is 7.97. The molecule has 1 aromatic carbocycles. The van der Waals surface area contributed by atoms with Crippen molar-refractivity contribution in [2.45, 2.75) is 25.9 Å². The zero-order chi connectivity index (χ0) is 13.0. The summed E-state index contributed by atoms with van der Waals surface area (Å²) in [4.78, 5) is 2.06. The van der Waals surface area contributed by atoms with Crippen molar-refractivity contribution in [3.8, 4) is 0 Å².